The van der Waals surface area contributed by atoms with Crippen LogP contribution in [0, 0.1) is 0 Å². The highest BCUT2D eigenvalue weighted by molar-refractivity contribution is 5.97. The van der Waals surface area contributed by atoms with E-state index < -0.39 is 5.91 Å². The summed E-state index contributed by atoms with van der Waals surface area (Å²) in [6.07, 6.45) is 12.4. The zero-order chi connectivity index (χ0) is 22.6. The molecule has 3 amide bonds. The van der Waals surface area contributed by atoms with E-state index in [-0.39, 0.29) is 36.9 Å². The van der Waals surface area contributed by atoms with Crippen LogP contribution in [0.4, 0.5) is 0 Å². The van der Waals surface area contributed by atoms with Gasteiger partial charge in [-0.3, -0.25) is 14.4 Å². The number of carbonyl (C=O) groups is 3. The normalized spacial score (nSPS) is 17.6. The number of nitrogens with zero attached hydrogens (tertiary/aromatic N) is 1. The number of hydrogen-bond donors (Lipinski definition) is 3. The maximum Gasteiger partial charge on any atom is 0.258 e. The molecule has 0 bridgehead atoms. The third-order valence-electron chi connectivity index (χ3n) is 5.91. The summed E-state index contributed by atoms with van der Waals surface area (Å²) in [5.74, 6) is -0.223. The smallest absolute Gasteiger partial charge is 0.258 e. The van der Waals surface area contributed by atoms with Gasteiger partial charge in [0.1, 0.15) is 12.2 Å². The molecule has 8 nitrogen and oxygen atoms in total. The Morgan fingerprint density at radius 1 is 0.812 bits per heavy atom. The predicted molar refractivity (Wildman–Crippen MR) is 122 cm³/mol. The summed E-state index contributed by atoms with van der Waals surface area (Å²) in [5, 5.41) is 9.83. The van der Waals surface area contributed by atoms with E-state index in [1.807, 2.05) is 0 Å². The van der Waals surface area contributed by atoms with Crippen molar-refractivity contribution in [1.82, 2.24) is 16.1 Å². The van der Waals surface area contributed by atoms with Gasteiger partial charge in [-0.2, -0.15) is 5.10 Å². The van der Waals surface area contributed by atoms with Crippen LogP contribution < -0.4 is 20.8 Å². The molecule has 2 aliphatic carbocycles. The Morgan fingerprint density at radius 3 is 1.97 bits per heavy atom. The molecule has 0 aliphatic heterocycles. The van der Waals surface area contributed by atoms with E-state index in [0.29, 0.717) is 5.75 Å². The molecule has 3 N–H and O–H groups in total. The first-order valence-corrected chi connectivity index (χ1v) is 11.7. The number of carbonyl (C=O) groups excluding carboxylic acids is 3. The van der Waals surface area contributed by atoms with Crippen LogP contribution in [0.2, 0.25) is 0 Å². The molecular weight excluding hydrogens is 408 g/mol. The van der Waals surface area contributed by atoms with Gasteiger partial charge in [0.2, 0.25) is 11.8 Å². The van der Waals surface area contributed by atoms with Gasteiger partial charge in [-0.25, -0.2) is 5.43 Å². The molecule has 174 valence electrons. The zero-order valence-electron chi connectivity index (χ0n) is 18.6. The molecule has 0 unspecified atom stereocenters. The summed E-state index contributed by atoms with van der Waals surface area (Å²) in [4.78, 5) is 35.9. The average molecular weight is 443 g/mol. The minimum Gasteiger partial charge on any atom is -0.484 e. The van der Waals surface area contributed by atoms with Gasteiger partial charge in [-0.1, -0.05) is 38.5 Å². The number of rotatable bonds is 9. The zero-order valence-corrected chi connectivity index (χ0v) is 18.6. The topological polar surface area (TPSA) is 109 Å². The summed E-state index contributed by atoms with van der Waals surface area (Å²) in [5.41, 5.74) is 3.14. The van der Waals surface area contributed by atoms with Crippen LogP contribution in [0.3, 0.4) is 0 Å². The Kier molecular flexibility index (Phi) is 9.53. The number of amides is 3. The van der Waals surface area contributed by atoms with Gasteiger partial charge in [0.15, 0.2) is 6.61 Å². The molecule has 3 rings (SSSR count). The van der Waals surface area contributed by atoms with Crippen molar-refractivity contribution in [3.8, 4) is 5.75 Å². The summed E-state index contributed by atoms with van der Waals surface area (Å²) in [6.45, 7) is -0.0110. The van der Waals surface area contributed by atoms with Crippen molar-refractivity contribution in [3.05, 3.63) is 29.8 Å². The highest BCUT2D eigenvalue weighted by Crippen LogP contribution is 2.18. The first kappa shape index (κ1) is 23.8. The molecule has 8 heteroatoms. The summed E-state index contributed by atoms with van der Waals surface area (Å²) < 4.78 is 5.54. The number of nitrogens with one attached hydrogen (secondary N) is 3. The maximum absolute atomic E-state index is 12.0. The van der Waals surface area contributed by atoms with E-state index >= 15 is 0 Å². The second kappa shape index (κ2) is 12.8. The molecular formula is C24H34N4O4. The molecule has 0 spiro atoms. The van der Waals surface area contributed by atoms with Gasteiger partial charge >= 0.3 is 0 Å². The molecule has 2 fully saturated rings. The Labute approximate surface area is 189 Å². The van der Waals surface area contributed by atoms with E-state index in [1.165, 1.54) is 31.9 Å². The molecule has 0 radical (unpaired) electrons. The highest BCUT2D eigenvalue weighted by Gasteiger charge is 2.17. The van der Waals surface area contributed by atoms with Crippen LogP contribution >= 0.6 is 0 Å². The van der Waals surface area contributed by atoms with E-state index in [9.17, 15) is 14.4 Å². The van der Waals surface area contributed by atoms with E-state index in [1.54, 1.807) is 24.3 Å². The van der Waals surface area contributed by atoms with Crippen molar-refractivity contribution in [2.24, 2.45) is 5.10 Å². The Morgan fingerprint density at radius 2 is 1.38 bits per heavy atom. The second-order valence-electron chi connectivity index (χ2n) is 8.63. The van der Waals surface area contributed by atoms with E-state index in [4.69, 9.17) is 4.74 Å². The largest absolute Gasteiger partial charge is 0.484 e. The van der Waals surface area contributed by atoms with Crippen molar-refractivity contribution in [3.63, 3.8) is 0 Å². The maximum atomic E-state index is 12.0. The van der Waals surface area contributed by atoms with Crippen molar-refractivity contribution >= 4 is 23.9 Å². The van der Waals surface area contributed by atoms with Gasteiger partial charge in [0.05, 0.1) is 6.21 Å². The standard InChI is InChI=1S/C24H34N4O4/c29-22(26-19-7-3-1-4-8-19)15-23(30)28-25-16-18-11-13-21(14-12-18)32-17-24(31)27-20-9-5-2-6-10-20/h11-14,16,19-20H,1-10,15,17H2,(H,26,29)(H,27,31)(H,28,30). The fraction of sp³-hybridized carbons (Fsp3) is 0.583. The molecule has 0 aromatic heterocycles. The third kappa shape index (κ3) is 8.69. The number of benzene rings is 1. The summed E-state index contributed by atoms with van der Waals surface area (Å²) in [6, 6.07) is 7.50. The third-order valence-corrected chi connectivity index (χ3v) is 5.91. The van der Waals surface area contributed by atoms with Crippen LogP contribution in [-0.2, 0) is 14.4 Å². The van der Waals surface area contributed by atoms with Crippen molar-refractivity contribution in [1.29, 1.82) is 0 Å². The molecule has 0 atom stereocenters. The minimum absolute atomic E-state index is 0.0110. The lowest BCUT2D eigenvalue weighted by atomic mass is 9.95. The minimum atomic E-state index is -0.446. The molecule has 0 heterocycles. The van der Waals surface area contributed by atoms with E-state index in [0.717, 1.165) is 44.1 Å². The molecule has 0 saturated heterocycles. The van der Waals surface area contributed by atoms with Gasteiger partial charge in [0, 0.05) is 12.1 Å². The average Bonchev–Trinajstić information content (AvgIpc) is 2.80. The van der Waals surface area contributed by atoms with Crippen LogP contribution in [-0.4, -0.2) is 42.6 Å². The van der Waals surface area contributed by atoms with Crippen molar-refractivity contribution in [2.45, 2.75) is 82.7 Å². The summed E-state index contributed by atoms with van der Waals surface area (Å²) in [7, 11) is 0. The Balaban J connectivity index is 1.33. The molecule has 2 saturated carbocycles. The van der Waals surface area contributed by atoms with E-state index in [2.05, 4.69) is 21.2 Å². The van der Waals surface area contributed by atoms with Gasteiger partial charge in [-0.05, 0) is 55.5 Å². The fourth-order valence-corrected chi connectivity index (χ4v) is 4.21. The summed E-state index contributed by atoms with van der Waals surface area (Å²) >= 11 is 0. The first-order chi connectivity index (χ1) is 15.6. The molecule has 32 heavy (non-hydrogen) atoms. The highest BCUT2D eigenvalue weighted by atomic mass is 16.5. The van der Waals surface area contributed by atoms with Gasteiger partial charge in [0.25, 0.3) is 5.91 Å². The van der Waals surface area contributed by atoms with Gasteiger partial charge in [-0.15, -0.1) is 0 Å². The number of hydrogen-bond acceptors (Lipinski definition) is 5. The fourth-order valence-electron chi connectivity index (χ4n) is 4.21. The predicted octanol–water partition coefficient (Wildman–Crippen LogP) is 2.80. The lowest BCUT2D eigenvalue weighted by Crippen LogP contribution is -2.38. The number of ether oxygens (including phenoxy) is 1. The quantitative estimate of drug-likeness (QED) is 0.310. The van der Waals surface area contributed by atoms with Crippen molar-refractivity contribution < 1.29 is 19.1 Å². The molecule has 2 aliphatic rings. The SMILES string of the molecule is O=C(CC(=O)NC1CCCCC1)NN=Cc1ccc(OCC(=O)NC2CCCCC2)cc1. The first-order valence-electron chi connectivity index (χ1n) is 11.7. The van der Waals surface area contributed by atoms with Crippen LogP contribution in [0.5, 0.6) is 5.75 Å². The van der Waals surface area contributed by atoms with Crippen LogP contribution in [0.25, 0.3) is 0 Å². The molecule has 1 aromatic carbocycles. The number of hydrazone groups is 1. The lowest BCUT2D eigenvalue weighted by Gasteiger charge is -2.22. The molecule has 1 aromatic rings. The van der Waals surface area contributed by atoms with Crippen LogP contribution in [0.1, 0.15) is 76.2 Å². The van der Waals surface area contributed by atoms with Crippen molar-refractivity contribution in [2.75, 3.05) is 6.61 Å². The van der Waals surface area contributed by atoms with Gasteiger partial charge < -0.3 is 15.4 Å². The Bertz CT molecular complexity index is 782. The second-order valence-corrected chi connectivity index (χ2v) is 8.63. The lowest BCUT2D eigenvalue weighted by molar-refractivity contribution is -0.130. The van der Waals surface area contributed by atoms with Crippen LogP contribution in [0.15, 0.2) is 29.4 Å². The Hall–Kier alpha value is -2.90. The monoisotopic (exact) mass is 442 g/mol.